The Kier molecular flexibility index (Phi) is 64.6. The van der Waals surface area contributed by atoms with Crippen LogP contribution in [0, 0.1) is 11.8 Å². The first-order chi connectivity index (χ1) is 44.9. The predicted molar refractivity (Wildman–Crippen MR) is 377 cm³/mol. The lowest BCUT2D eigenvalue weighted by atomic mass is 10.0. The van der Waals surface area contributed by atoms with E-state index in [0.717, 1.165) is 95.8 Å². The number of aliphatic hydroxyl groups excluding tert-OH is 1. The zero-order valence-electron chi connectivity index (χ0n) is 60.6. The summed E-state index contributed by atoms with van der Waals surface area (Å²) in [4.78, 5) is 72.6. The van der Waals surface area contributed by atoms with E-state index in [1.165, 1.54) is 199 Å². The number of hydrogen-bond acceptors (Lipinski definition) is 15. The summed E-state index contributed by atoms with van der Waals surface area (Å²) < 4.78 is 68.3. The van der Waals surface area contributed by atoms with E-state index in [4.69, 9.17) is 37.0 Å². The van der Waals surface area contributed by atoms with Crippen LogP contribution in [0.1, 0.15) is 382 Å². The van der Waals surface area contributed by atoms with E-state index in [9.17, 15) is 43.2 Å². The Morgan fingerprint density at radius 1 is 0.290 bits per heavy atom. The molecule has 0 aliphatic carbocycles. The van der Waals surface area contributed by atoms with Gasteiger partial charge >= 0.3 is 39.5 Å². The number of carbonyl (C=O) groups is 4. The Morgan fingerprint density at radius 2 is 0.495 bits per heavy atom. The van der Waals surface area contributed by atoms with E-state index in [2.05, 4.69) is 41.5 Å². The highest BCUT2D eigenvalue weighted by Crippen LogP contribution is 2.45. The Bertz CT molecular complexity index is 1800. The summed E-state index contributed by atoms with van der Waals surface area (Å²) >= 11 is 0. The highest BCUT2D eigenvalue weighted by atomic mass is 31.2. The molecule has 0 radical (unpaired) electrons. The van der Waals surface area contributed by atoms with Crippen molar-refractivity contribution in [2.75, 3.05) is 39.6 Å². The van der Waals surface area contributed by atoms with Crippen molar-refractivity contribution in [3.05, 3.63) is 0 Å². The van der Waals surface area contributed by atoms with E-state index in [-0.39, 0.29) is 25.7 Å². The van der Waals surface area contributed by atoms with Gasteiger partial charge in [0.25, 0.3) is 0 Å². The number of ether oxygens (including phenoxy) is 4. The minimum atomic E-state index is -4.95. The molecule has 0 saturated heterocycles. The minimum absolute atomic E-state index is 0.103. The fourth-order valence-corrected chi connectivity index (χ4v) is 12.9. The zero-order valence-corrected chi connectivity index (χ0v) is 62.3. The Hall–Kier alpha value is -1.94. The average Bonchev–Trinajstić information content (AvgIpc) is 2.63. The van der Waals surface area contributed by atoms with Crippen LogP contribution in [0.4, 0.5) is 0 Å². The van der Waals surface area contributed by atoms with E-state index >= 15 is 0 Å². The zero-order chi connectivity index (χ0) is 68.6. The van der Waals surface area contributed by atoms with Gasteiger partial charge < -0.3 is 33.8 Å². The second-order valence-corrected chi connectivity index (χ2v) is 30.5. The summed E-state index contributed by atoms with van der Waals surface area (Å²) in [5.74, 6) is -0.685. The van der Waals surface area contributed by atoms with Crippen LogP contribution < -0.4 is 0 Å². The van der Waals surface area contributed by atoms with Gasteiger partial charge in [-0.2, -0.15) is 0 Å². The molecule has 5 atom stereocenters. The van der Waals surface area contributed by atoms with Crippen LogP contribution in [0.15, 0.2) is 0 Å². The second kappa shape index (κ2) is 66.0. The maximum Gasteiger partial charge on any atom is 0.472 e. The van der Waals surface area contributed by atoms with Crippen molar-refractivity contribution >= 4 is 39.5 Å². The van der Waals surface area contributed by atoms with Gasteiger partial charge in [-0.1, -0.05) is 330 Å². The summed E-state index contributed by atoms with van der Waals surface area (Å²) in [5.41, 5.74) is 0. The van der Waals surface area contributed by atoms with Gasteiger partial charge in [-0.05, 0) is 37.5 Å². The fraction of sp³-hybridized carbons (Fsp3) is 0.946. The molecule has 0 saturated carbocycles. The molecule has 17 nitrogen and oxygen atoms in total. The van der Waals surface area contributed by atoms with Gasteiger partial charge in [-0.15, -0.1) is 0 Å². The van der Waals surface area contributed by atoms with Crippen molar-refractivity contribution in [1.82, 2.24) is 0 Å². The molecule has 0 aromatic rings. The summed E-state index contributed by atoms with van der Waals surface area (Å²) in [6.45, 7) is 9.47. The van der Waals surface area contributed by atoms with Gasteiger partial charge in [-0.25, -0.2) is 9.13 Å². The first kappa shape index (κ1) is 91.1. The Labute approximate surface area is 568 Å². The lowest BCUT2D eigenvalue weighted by molar-refractivity contribution is -0.161. The highest BCUT2D eigenvalue weighted by Gasteiger charge is 2.30. The molecule has 0 heterocycles. The smallest absolute Gasteiger partial charge is 0.462 e. The van der Waals surface area contributed by atoms with Crippen molar-refractivity contribution in [2.45, 2.75) is 400 Å². The lowest BCUT2D eigenvalue weighted by Gasteiger charge is -2.21. The average molecular weight is 1370 g/mol. The topological polar surface area (TPSA) is 237 Å². The number of unbranched alkanes of at least 4 members (excludes halogenated alkanes) is 43. The van der Waals surface area contributed by atoms with Gasteiger partial charge in [0.15, 0.2) is 12.2 Å². The molecule has 2 unspecified atom stereocenters. The Morgan fingerprint density at radius 3 is 0.731 bits per heavy atom. The van der Waals surface area contributed by atoms with E-state index < -0.39 is 97.5 Å². The van der Waals surface area contributed by atoms with E-state index in [1.54, 1.807) is 0 Å². The monoisotopic (exact) mass is 1370 g/mol. The van der Waals surface area contributed by atoms with Crippen molar-refractivity contribution in [3.8, 4) is 0 Å². The largest absolute Gasteiger partial charge is 0.472 e. The quantitative estimate of drug-likeness (QED) is 0.0222. The van der Waals surface area contributed by atoms with Gasteiger partial charge in [0.1, 0.15) is 19.3 Å². The number of rotatable bonds is 73. The van der Waals surface area contributed by atoms with Crippen LogP contribution >= 0.6 is 15.6 Å². The maximum atomic E-state index is 13.1. The molecule has 3 N–H and O–H groups in total. The first-order valence-corrected chi connectivity index (χ1v) is 41.5. The summed E-state index contributed by atoms with van der Waals surface area (Å²) in [7, 11) is -9.90. The molecule has 0 aromatic carbocycles. The number of carbonyl (C=O) groups excluding carboxylic acids is 4. The number of esters is 4. The third-order valence-electron chi connectivity index (χ3n) is 17.2. The molecule has 0 aliphatic heterocycles. The molecule has 93 heavy (non-hydrogen) atoms. The van der Waals surface area contributed by atoms with Crippen LogP contribution in [-0.4, -0.2) is 96.7 Å². The molecule has 552 valence electrons. The van der Waals surface area contributed by atoms with Crippen molar-refractivity contribution in [3.63, 3.8) is 0 Å². The standard InChI is InChI=1S/C74H144O17P2/c1-7-9-11-13-15-17-18-19-20-21-22-23-24-25-26-27-28-29-33-40-46-52-58-73(78)90-69(62-85-72(77)57-51-45-39-34-30-32-36-42-48-54-66(3)4)64-88-92(80,81)86-60-68(75)61-87-93(82,83)89-65-70(63-84-71(76)56-50-44-38-31-16-14-12-10-8-2)91-74(79)59-53-47-41-35-37-43-49-55-67(5)6/h66-70,75H,7-65H2,1-6H3,(H,80,81)(H,82,83)/t68-,69-,70-/m1/s1. The maximum absolute atomic E-state index is 13.1. The lowest BCUT2D eigenvalue weighted by Crippen LogP contribution is -2.30. The Balaban J connectivity index is 5.15. The number of phosphoric ester groups is 2. The van der Waals surface area contributed by atoms with E-state index in [1.807, 2.05) is 0 Å². The molecule has 0 rings (SSSR count). The molecule has 19 heteroatoms. The molecule has 0 amide bonds. The SMILES string of the molecule is CCCCCCCCCCCCCCCCCCCCCCCCC(=O)O[C@H](COC(=O)CCCCCCCCCCCC(C)C)COP(=O)(O)OC[C@@H](O)COP(=O)(O)OC[C@@H](COC(=O)CCCCCCCCCCC)OC(=O)CCCCCCCCCC(C)C. The fourth-order valence-electron chi connectivity index (χ4n) is 11.3. The van der Waals surface area contributed by atoms with Gasteiger partial charge in [0.2, 0.25) is 0 Å². The summed E-state index contributed by atoms with van der Waals surface area (Å²) in [5, 5.41) is 10.6. The molecule has 0 bridgehead atoms. The molecule has 0 fully saturated rings. The molecule has 0 spiro atoms. The molecular formula is C74H144O17P2. The number of aliphatic hydroxyl groups is 1. The van der Waals surface area contributed by atoms with Crippen LogP contribution in [0.2, 0.25) is 0 Å². The third-order valence-corrected chi connectivity index (χ3v) is 19.1. The van der Waals surface area contributed by atoms with Crippen molar-refractivity contribution in [2.24, 2.45) is 11.8 Å². The van der Waals surface area contributed by atoms with Crippen molar-refractivity contribution in [1.29, 1.82) is 0 Å². The third kappa shape index (κ3) is 68.4. The van der Waals surface area contributed by atoms with Crippen LogP contribution in [0.25, 0.3) is 0 Å². The summed E-state index contributed by atoms with van der Waals surface area (Å²) in [6.07, 6.45) is 53.1. The number of hydrogen-bond donors (Lipinski definition) is 3. The van der Waals surface area contributed by atoms with Gasteiger partial charge in [0.05, 0.1) is 26.4 Å². The van der Waals surface area contributed by atoms with Crippen LogP contribution in [-0.2, 0) is 65.4 Å². The summed E-state index contributed by atoms with van der Waals surface area (Å²) in [6, 6.07) is 0. The van der Waals surface area contributed by atoms with Crippen molar-refractivity contribution < 1.29 is 80.2 Å². The minimum Gasteiger partial charge on any atom is -0.462 e. The molecule has 0 aliphatic rings. The van der Waals surface area contributed by atoms with Crippen LogP contribution in [0.3, 0.4) is 0 Å². The molecular weight excluding hydrogens is 1220 g/mol. The highest BCUT2D eigenvalue weighted by molar-refractivity contribution is 7.47. The number of phosphoric acid groups is 2. The van der Waals surface area contributed by atoms with Crippen LogP contribution in [0.5, 0.6) is 0 Å². The second-order valence-electron chi connectivity index (χ2n) is 27.6. The predicted octanol–water partition coefficient (Wildman–Crippen LogP) is 21.6. The first-order valence-electron chi connectivity index (χ1n) is 38.5. The molecule has 0 aromatic heterocycles. The van der Waals surface area contributed by atoms with E-state index in [0.29, 0.717) is 31.6 Å². The van der Waals surface area contributed by atoms with Gasteiger partial charge in [-0.3, -0.25) is 37.3 Å². The van der Waals surface area contributed by atoms with Gasteiger partial charge in [0, 0.05) is 25.7 Å². The normalized spacial score (nSPS) is 14.1.